The van der Waals surface area contributed by atoms with Crippen LogP contribution >= 0.6 is 36.4 Å². The van der Waals surface area contributed by atoms with Crippen molar-refractivity contribution >= 4 is 48.1 Å². The first-order chi connectivity index (χ1) is 15.8. The minimum atomic E-state index is -0.518. The summed E-state index contributed by atoms with van der Waals surface area (Å²) in [6.45, 7) is 9.78. The number of aliphatic hydroxyl groups is 1. The number of aliphatic hydroxyl groups excluding tert-OH is 1. The highest BCUT2D eigenvalue weighted by Crippen LogP contribution is 2.42. The van der Waals surface area contributed by atoms with Crippen LogP contribution in [0.15, 0.2) is 30.6 Å². The van der Waals surface area contributed by atoms with E-state index in [1.54, 1.807) is 6.33 Å². The van der Waals surface area contributed by atoms with Gasteiger partial charge in [0.15, 0.2) is 0 Å². The lowest BCUT2D eigenvalue weighted by atomic mass is 9.97. The molecule has 194 valence electrons. The largest absolute Gasteiger partial charge is 0.387 e. The molecule has 0 bridgehead atoms. The molecule has 1 fully saturated rings. The summed E-state index contributed by atoms with van der Waals surface area (Å²) in [4.78, 5) is 26.8. The van der Waals surface area contributed by atoms with E-state index in [1.165, 1.54) is 0 Å². The van der Waals surface area contributed by atoms with Crippen molar-refractivity contribution < 1.29 is 9.90 Å². The molecule has 0 spiro atoms. The molecule has 1 aliphatic heterocycles. The van der Waals surface area contributed by atoms with Gasteiger partial charge in [-0.2, -0.15) is 0 Å². The number of nitrogens with zero attached hydrogens (tertiary/aromatic N) is 4. The summed E-state index contributed by atoms with van der Waals surface area (Å²) in [5, 5.41) is 14.4. The van der Waals surface area contributed by atoms with Crippen LogP contribution in [0.5, 0.6) is 0 Å². The lowest BCUT2D eigenvalue weighted by Gasteiger charge is -2.28. The van der Waals surface area contributed by atoms with Gasteiger partial charge in [0, 0.05) is 49.4 Å². The fourth-order valence-corrected chi connectivity index (χ4v) is 5.05. The Kier molecular flexibility index (Phi) is 11.0. The van der Waals surface area contributed by atoms with Gasteiger partial charge in [-0.05, 0) is 36.5 Å². The van der Waals surface area contributed by atoms with E-state index in [0.29, 0.717) is 43.7 Å². The monoisotopic (exact) mass is 543 g/mol. The number of carbonyl (C=O) groups is 1. The lowest BCUT2D eigenvalue weighted by Crippen LogP contribution is -2.42. The predicted molar refractivity (Wildman–Crippen MR) is 145 cm³/mol. The predicted octanol–water partition coefficient (Wildman–Crippen LogP) is 4.33. The number of carbonyl (C=O) groups excluding carboxylic acids is 1. The van der Waals surface area contributed by atoms with E-state index in [1.807, 2.05) is 29.2 Å². The molecule has 1 aromatic heterocycles. The number of anilines is 1. The smallest absolute Gasteiger partial charge is 0.231 e. The first-order valence-electron chi connectivity index (χ1n) is 11.9. The van der Waals surface area contributed by atoms with E-state index in [9.17, 15) is 9.90 Å². The number of benzene rings is 1. The van der Waals surface area contributed by atoms with E-state index < -0.39 is 6.10 Å². The SMILES string of the molecule is CC(C)NC[C@@H](C(=O)N1CCCN(c2ncnc3c2[C@H](C)C[C@H]3O)CC1)c1ccc(Cl)cc1.Cl.Cl. The van der Waals surface area contributed by atoms with Gasteiger partial charge in [0.2, 0.25) is 5.91 Å². The van der Waals surface area contributed by atoms with Crippen LogP contribution in [0, 0.1) is 0 Å². The third-order valence-corrected chi connectivity index (χ3v) is 6.94. The van der Waals surface area contributed by atoms with Crippen molar-refractivity contribution in [3.05, 3.63) is 52.4 Å². The molecule has 2 N–H and O–H groups in total. The summed E-state index contributed by atoms with van der Waals surface area (Å²) in [6.07, 6.45) is 2.59. The molecular formula is C25H36Cl3N5O2. The van der Waals surface area contributed by atoms with Crippen LogP contribution in [-0.2, 0) is 4.79 Å². The van der Waals surface area contributed by atoms with E-state index in [0.717, 1.165) is 35.6 Å². The van der Waals surface area contributed by atoms with E-state index in [2.05, 4.69) is 41.0 Å². The summed E-state index contributed by atoms with van der Waals surface area (Å²) in [6, 6.07) is 7.90. The van der Waals surface area contributed by atoms with Crippen molar-refractivity contribution in [1.29, 1.82) is 0 Å². The number of hydrogen-bond donors (Lipinski definition) is 2. The molecule has 2 aromatic rings. The van der Waals surface area contributed by atoms with Crippen LogP contribution in [0.1, 0.15) is 68.4 Å². The molecule has 0 saturated carbocycles. The fraction of sp³-hybridized carbons (Fsp3) is 0.560. The number of aromatic nitrogens is 2. The van der Waals surface area contributed by atoms with Crippen molar-refractivity contribution in [2.24, 2.45) is 0 Å². The second-order valence-corrected chi connectivity index (χ2v) is 9.92. The van der Waals surface area contributed by atoms with Gasteiger partial charge in [-0.25, -0.2) is 9.97 Å². The maximum Gasteiger partial charge on any atom is 0.231 e. The van der Waals surface area contributed by atoms with Crippen LogP contribution in [0.2, 0.25) is 5.02 Å². The minimum Gasteiger partial charge on any atom is -0.387 e. The van der Waals surface area contributed by atoms with Gasteiger partial charge in [-0.15, -0.1) is 24.8 Å². The molecule has 1 aliphatic carbocycles. The van der Waals surface area contributed by atoms with Crippen LogP contribution in [0.4, 0.5) is 5.82 Å². The Hall–Kier alpha value is -1.64. The molecule has 3 atom stereocenters. The molecule has 0 unspecified atom stereocenters. The standard InChI is InChI=1S/C25H34ClN5O2.2ClH/c1-16(2)27-14-20(18-5-7-19(26)8-6-18)25(33)31-10-4-9-30(11-12-31)24-22-17(3)13-21(32)23(22)28-15-29-24;;/h5-8,15-17,20-21,27,32H,4,9-14H2,1-3H3;2*1H/t17-,20-,21-;;/m1../s1. The van der Waals surface area contributed by atoms with Gasteiger partial charge in [-0.3, -0.25) is 4.79 Å². The average molecular weight is 545 g/mol. The topological polar surface area (TPSA) is 81.6 Å². The molecule has 10 heteroatoms. The van der Waals surface area contributed by atoms with Gasteiger partial charge in [-0.1, -0.05) is 44.5 Å². The Morgan fingerprint density at radius 3 is 2.54 bits per heavy atom. The maximum atomic E-state index is 13.7. The highest BCUT2D eigenvalue weighted by molar-refractivity contribution is 6.30. The van der Waals surface area contributed by atoms with E-state index in [-0.39, 0.29) is 42.6 Å². The van der Waals surface area contributed by atoms with Crippen molar-refractivity contribution in [1.82, 2.24) is 20.2 Å². The molecule has 2 heterocycles. The quantitative estimate of drug-likeness (QED) is 0.563. The highest BCUT2D eigenvalue weighted by atomic mass is 35.5. The van der Waals surface area contributed by atoms with Crippen LogP contribution in [0.25, 0.3) is 0 Å². The van der Waals surface area contributed by atoms with E-state index >= 15 is 0 Å². The molecule has 7 nitrogen and oxygen atoms in total. The minimum absolute atomic E-state index is 0. The van der Waals surface area contributed by atoms with Gasteiger partial charge < -0.3 is 20.2 Å². The summed E-state index contributed by atoms with van der Waals surface area (Å²) in [7, 11) is 0. The van der Waals surface area contributed by atoms with Crippen molar-refractivity contribution in [3.63, 3.8) is 0 Å². The van der Waals surface area contributed by atoms with E-state index in [4.69, 9.17) is 11.6 Å². The second kappa shape index (κ2) is 13.1. The average Bonchev–Trinajstić information content (AvgIpc) is 2.95. The lowest BCUT2D eigenvalue weighted by molar-refractivity contribution is -0.132. The molecule has 1 saturated heterocycles. The Balaban J connectivity index is 0.00000216. The number of rotatable bonds is 6. The number of halogens is 3. The third-order valence-electron chi connectivity index (χ3n) is 6.69. The Labute approximate surface area is 225 Å². The highest BCUT2D eigenvalue weighted by Gasteiger charge is 2.34. The molecule has 1 amide bonds. The van der Waals surface area contributed by atoms with Gasteiger partial charge in [0.1, 0.15) is 12.1 Å². The van der Waals surface area contributed by atoms with Crippen molar-refractivity contribution in [2.45, 2.75) is 57.6 Å². The van der Waals surface area contributed by atoms with Gasteiger partial charge in [0.05, 0.1) is 17.7 Å². The molecule has 0 radical (unpaired) electrons. The number of hydrogen-bond acceptors (Lipinski definition) is 6. The van der Waals surface area contributed by atoms with Crippen molar-refractivity contribution in [3.8, 4) is 0 Å². The number of fused-ring (bicyclic) bond motifs is 1. The van der Waals surface area contributed by atoms with Crippen LogP contribution < -0.4 is 10.2 Å². The van der Waals surface area contributed by atoms with Gasteiger partial charge in [0.25, 0.3) is 0 Å². The number of amides is 1. The third kappa shape index (κ3) is 6.77. The first-order valence-corrected chi connectivity index (χ1v) is 12.3. The zero-order chi connectivity index (χ0) is 23.5. The number of nitrogens with one attached hydrogen (secondary N) is 1. The molecule has 2 aliphatic rings. The zero-order valence-electron chi connectivity index (χ0n) is 20.5. The Morgan fingerprint density at radius 1 is 1.14 bits per heavy atom. The van der Waals surface area contributed by atoms with Gasteiger partial charge >= 0.3 is 0 Å². The Morgan fingerprint density at radius 2 is 1.86 bits per heavy atom. The normalized spacial score (nSPS) is 20.5. The van der Waals surface area contributed by atoms with Crippen molar-refractivity contribution in [2.75, 3.05) is 37.6 Å². The zero-order valence-corrected chi connectivity index (χ0v) is 22.9. The molecule has 4 rings (SSSR count). The van der Waals surface area contributed by atoms with Crippen LogP contribution in [0.3, 0.4) is 0 Å². The van der Waals surface area contributed by atoms with Crippen LogP contribution in [-0.4, -0.2) is 64.6 Å². The second-order valence-electron chi connectivity index (χ2n) is 9.48. The maximum absolute atomic E-state index is 13.7. The Bertz CT molecular complexity index is 976. The first kappa shape index (κ1) is 29.6. The molecule has 1 aromatic carbocycles. The summed E-state index contributed by atoms with van der Waals surface area (Å²) >= 11 is 6.08. The molecule has 35 heavy (non-hydrogen) atoms. The summed E-state index contributed by atoms with van der Waals surface area (Å²) < 4.78 is 0. The summed E-state index contributed by atoms with van der Waals surface area (Å²) in [5.41, 5.74) is 2.80. The fourth-order valence-electron chi connectivity index (χ4n) is 4.92. The molecular weight excluding hydrogens is 509 g/mol. The summed E-state index contributed by atoms with van der Waals surface area (Å²) in [5.74, 6) is 1.02.